The van der Waals surface area contributed by atoms with Gasteiger partial charge in [-0.2, -0.15) is 0 Å². The molecule has 0 spiro atoms. The highest BCUT2D eigenvalue weighted by Gasteiger charge is 2.30. The van der Waals surface area contributed by atoms with E-state index in [1.54, 1.807) is 0 Å². The topological polar surface area (TPSA) is 0 Å². The summed E-state index contributed by atoms with van der Waals surface area (Å²) in [5.74, 6) is 0.567. The van der Waals surface area contributed by atoms with Crippen LogP contribution in [-0.4, -0.2) is 0 Å². The van der Waals surface area contributed by atoms with E-state index in [4.69, 9.17) is 0 Å². The Kier molecular flexibility index (Phi) is 3.73. The Morgan fingerprint density at radius 3 is 2.80 bits per heavy atom. The Balaban J connectivity index is 2.79. The van der Waals surface area contributed by atoms with Crippen molar-refractivity contribution in [3.8, 4) is 0 Å². The van der Waals surface area contributed by atoms with Crippen LogP contribution in [0.2, 0.25) is 0 Å². The van der Waals surface area contributed by atoms with Crippen molar-refractivity contribution in [2.45, 2.75) is 33.6 Å². The molecule has 0 radical (unpaired) electrons. The minimum Gasteiger partial charge on any atom is -0.0992 e. The van der Waals surface area contributed by atoms with Gasteiger partial charge in [0.05, 0.1) is 0 Å². The fourth-order valence-electron chi connectivity index (χ4n) is 2.16. The van der Waals surface area contributed by atoms with E-state index in [9.17, 15) is 0 Å². The highest BCUT2D eigenvalue weighted by molar-refractivity contribution is 5.23. The summed E-state index contributed by atoms with van der Waals surface area (Å²) in [5, 5.41) is 0. The van der Waals surface area contributed by atoms with Crippen LogP contribution in [-0.2, 0) is 0 Å². The van der Waals surface area contributed by atoms with Gasteiger partial charge in [0.15, 0.2) is 0 Å². The third-order valence-electron chi connectivity index (χ3n) is 3.32. The Morgan fingerprint density at radius 2 is 2.27 bits per heavy atom. The first-order chi connectivity index (χ1) is 6.97. The molecule has 0 saturated heterocycles. The molecule has 1 atom stereocenters. The van der Waals surface area contributed by atoms with Gasteiger partial charge in [0.1, 0.15) is 0 Å². The third-order valence-corrected chi connectivity index (χ3v) is 3.32. The third kappa shape index (κ3) is 2.95. The predicted octanol–water partition coefficient (Wildman–Crippen LogP) is 4.67. The van der Waals surface area contributed by atoms with Crippen LogP contribution in [0.25, 0.3) is 0 Å². The molecule has 15 heavy (non-hydrogen) atoms. The van der Waals surface area contributed by atoms with Gasteiger partial charge < -0.3 is 0 Å². The van der Waals surface area contributed by atoms with Gasteiger partial charge in [0.25, 0.3) is 0 Å². The van der Waals surface area contributed by atoms with Crippen molar-refractivity contribution in [1.29, 1.82) is 0 Å². The van der Waals surface area contributed by atoms with Crippen molar-refractivity contribution in [1.82, 2.24) is 0 Å². The fraction of sp³-hybridized carbons (Fsp3) is 0.467. The highest BCUT2D eigenvalue weighted by Crippen LogP contribution is 2.41. The number of hydrogen-bond donors (Lipinski definition) is 0. The van der Waals surface area contributed by atoms with Gasteiger partial charge in [-0.25, -0.2) is 0 Å². The lowest BCUT2D eigenvalue weighted by atomic mass is 9.69. The zero-order chi connectivity index (χ0) is 11.5. The average Bonchev–Trinajstić information content (AvgIpc) is 2.15. The summed E-state index contributed by atoms with van der Waals surface area (Å²) in [6.45, 7) is 14.6. The van der Waals surface area contributed by atoms with Gasteiger partial charge in [-0.1, -0.05) is 62.5 Å². The average molecular weight is 202 g/mol. The molecule has 0 aromatic heterocycles. The molecule has 1 aliphatic carbocycles. The van der Waals surface area contributed by atoms with Crippen LogP contribution in [0, 0.1) is 11.3 Å². The largest absolute Gasteiger partial charge is 0.0992 e. The number of hydrogen-bond acceptors (Lipinski definition) is 0. The van der Waals surface area contributed by atoms with Crippen molar-refractivity contribution in [2.24, 2.45) is 11.3 Å². The second-order valence-corrected chi connectivity index (χ2v) is 5.03. The monoisotopic (exact) mass is 202 g/mol. The molecule has 0 heteroatoms. The number of allylic oxidation sites excluding steroid dienone is 6. The first kappa shape index (κ1) is 12.0. The van der Waals surface area contributed by atoms with E-state index in [0.717, 1.165) is 12.8 Å². The van der Waals surface area contributed by atoms with Crippen molar-refractivity contribution in [2.75, 3.05) is 0 Å². The quantitative estimate of drug-likeness (QED) is 0.461. The summed E-state index contributed by atoms with van der Waals surface area (Å²) in [7, 11) is 0. The van der Waals surface area contributed by atoms with Gasteiger partial charge in [-0.3, -0.25) is 0 Å². The molecular formula is C15H22. The molecule has 0 aromatic carbocycles. The number of rotatable bonds is 3. The Morgan fingerprint density at radius 1 is 1.60 bits per heavy atom. The predicted molar refractivity (Wildman–Crippen MR) is 68.7 cm³/mol. The summed E-state index contributed by atoms with van der Waals surface area (Å²) < 4.78 is 0. The summed E-state index contributed by atoms with van der Waals surface area (Å²) in [6, 6.07) is 0. The molecule has 1 unspecified atom stereocenters. The minimum atomic E-state index is 0.243. The molecule has 0 heterocycles. The normalized spacial score (nSPS) is 25.4. The maximum Gasteiger partial charge on any atom is -0.00821 e. The molecular weight excluding hydrogens is 180 g/mol. The van der Waals surface area contributed by atoms with Crippen LogP contribution in [0.1, 0.15) is 33.6 Å². The molecule has 1 aliphatic rings. The molecule has 0 nitrogen and oxygen atoms in total. The maximum absolute atomic E-state index is 4.19. The molecule has 0 aromatic rings. The molecule has 0 fully saturated rings. The summed E-state index contributed by atoms with van der Waals surface area (Å²) in [6.07, 6.45) is 10.9. The minimum absolute atomic E-state index is 0.243. The lowest BCUT2D eigenvalue weighted by Gasteiger charge is -2.36. The molecule has 0 N–H and O–H groups in total. The molecule has 0 bridgehead atoms. The van der Waals surface area contributed by atoms with E-state index in [0.29, 0.717) is 5.92 Å². The van der Waals surface area contributed by atoms with Crippen molar-refractivity contribution >= 4 is 0 Å². The van der Waals surface area contributed by atoms with Crippen molar-refractivity contribution < 1.29 is 0 Å². The van der Waals surface area contributed by atoms with Crippen LogP contribution in [0.4, 0.5) is 0 Å². The van der Waals surface area contributed by atoms with E-state index in [-0.39, 0.29) is 5.41 Å². The van der Waals surface area contributed by atoms with Crippen LogP contribution in [0.5, 0.6) is 0 Å². The highest BCUT2D eigenvalue weighted by atomic mass is 14.3. The van der Waals surface area contributed by atoms with E-state index in [1.807, 2.05) is 6.08 Å². The lowest BCUT2D eigenvalue weighted by molar-refractivity contribution is 0.315. The summed E-state index contributed by atoms with van der Waals surface area (Å²) >= 11 is 0. The van der Waals surface area contributed by atoms with Gasteiger partial charge >= 0.3 is 0 Å². The van der Waals surface area contributed by atoms with Crippen LogP contribution in [0.3, 0.4) is 0 Å². The second-order valence-electron chi connectivity index (χ2n) is 5.03. The Hall–Kier alpha value is -1.04. The first-order valence-corrected chi connectivity index (χ1v) is 5.62. The van der Waals surface area contributed by atoms with Crippen LogP contribution >= 0.6 is 0 Å². The zero-order valence-corrected chi connectivity index (χ0v) is 10.2. The SMILES string of the molecule is C=CC(C)=CCC1C(=C)CC=CC1(C)C. The molecule has 0 amide bonds. The van der Waals surface area contributed by atoms with Gasteiger partial charge in [0.2, 0.25) is 0 Å². The van der Waals surface area contributed by atoms with Gasteiger partial charge in [-0.05, 0) is 31.1 Å². The van der Waals surface area contributed by atoms with Gasteiger partial charge in [0, 0.05) is 0 Å². The Bertz CT molecular complexity index is 313. The molecule has 0 saturated carbocycles. The van der Waals surface area contributed by atoms with Crippen molar-refractivity contribution in [3.63, 3.8) is 0 Å². The summed E-state index contributed by atoms with van der Waals surface area (Å²) in [5.41, 5.74) is 2.86. The van der Waals surface area contributed by atoms with Crippen LogP contribution < -0.4 is 0 Å². The van der Waals surface area contributed by atoms with E-state index in [2.05, 4.69) is 52.2 Å². The molecule has 0 aliphatic heterocycles. The van der Waals surface area contributed by atoms with E-state index >= 15 is 0 Å². The maximum atomic E-state index is 4.19. The second kappa shape index (κ2) is 4.65. The first-order valence-electron chi connectivity index (χ1n) is 5.62. The Labute approximate surface area is 94.1 Å². The van der Waals surface area contributed by atoms with E-state index < -0.39 is 0 Å². The van der Waals surface area contributed by atoms with E-state index in [1.165, 1.54) is 11.1 Å². The molecule has 1 rings (SSSR count). The zero-order valence-electron chi connectivity index (χ0n) is 10.2. The fourth-order valence-corrected chi connectivity index (χ4v) is 2.16. The smallest absolute Gasteiger partial charge is 0.00821 e. The van der Waals surface area contributed by atoms with Crippen LogP contribution in [0.15, 0.2) is 48.6 Å². The van der Waals surface area contributed by atoms with Gasteiger partial charge in [-0.15, -0.1) is 0 Å². The standard InChI is InChI=1S/C15H22/c1-6-12(2)9-10-14-13(3)8-7-11-15(14,4)5/h6-7,9,11,14H,1,3,8,10H2,2,4-5H3. The lowest BCUT2D eigenvalue weighted by Crippen LogP contribution is -2.25. The molecule has 82 valence electrons. The summed E-state index contributed by atoms with van der Waals surface area (Å²) in [4.78, 5) is 0. The van der Waals surface area contributed by atoms with Crippen molar-refractivity contribution in [3.05, 3.63) is 48.6 Å².